The minimum Gasteiger partial charge on any atom is -0.497 e. The molecule has 0 spiro atoms. The molecule has 0 fully saturated rings. The number of hydrogen-bond acceptors (Lipinski definition) is 4. The number of aromatic amines is 1. The van der Waals surface area contributed by atoms with Crippen LogP contribution in [0.3, 0.4) is 0 Å². The van der Waals surface area contributed by atoms with Gasteiger partial charge in [0.05, 0.1) is 19.0 Å². The van der Waals surface area contributed by atoms with Crippen LogP contribution in [-0.4, -0.2) is 35.4 Å². The number of rotatable bonds is 6. The molecule has 4 rings (SSSR count). The first-order valence-corrected chi connectivity index (χ1v) is 9.85. The number of carbonyl (C=O) groups is 2. The summed E-state index contributed by atoms with van der Waals surface area (Å²) in [6.45, 7) is 0.257. The number of aromatic nitrogens is 2. The Morgan fingerprint density at radius 1 is 1.03 bits per heavy atom. The molecule has 2 aromatic heterocycles. The number of anilines is 1. The highest BCUT2D eigenvalue weighted by Crippen LogP contribution is 2.31. The topological polar surface area (TPSA) is 96.1 Å². The first kappa shape index (κ1) is 20.2. The van der Waals surface area contributed by atoms with Crippen molar-refractivity contribution < 1.29 is 14.3 Å². The van der Waals surface area contributed by atoms with Gasteiger partial charge in [-0.1, -0.05) is 30.3 Å². The Morgan fingerprint density at radius 3 is 2.58 bits per heavy atom. The first-order valence-electron chi connectivity index (χ1n) is 9.85. The van der Waals surface area contributed by atoms with E-state index in [4.69, 9.17) is 4.74 Å². The van der Waals surface area contributed by atoms with Gasteiger partial charge >= 0.3 is 11.8 Å². The predicted molar refractivity (Wildman–Crippen MR) is 119 cm³/mol. The van der Waals surface area contributed by atoms with Crippen molar-refractivity contribution in [1.29, 1.82) is 0 Å². The van der Waals surface area contributed by atoms with Crippen LogP contribution >= 0.6 is 0 Å². The number of pyridine rings is 1. The third kappa shape index (κ3) is 4.56. The van der Waals surface area contributed by atoms with Crippen molar-refractivity contribution in [3.63, 3.8) is 0 Å². The molecule has 2 heterocycles. The second-order valence-corrected chi connectivity index (χ2v) is 7.02. The number of benzene rings is 2. The fraction of sp³-hybridized carbons (Fsp3) is 0.125. The van der Waals surface area contributed by atoms with Crippen molar-refractivity contribution in [2.75, 3.05) is 19.0 Å². The van der Waals surface area contributed by atoms with Gasteiger partial charge in [-0.2, -0.15) is 0 Å². The van der Waals surface area contributed by atoms with Crippen molar-refractivity contribution in [1.82, 2.24) is 15.3 Å². The number of nitrogens with one attached hydrogen (secondary N) is 3. The Labute approximate surface area is 179 Å². The zero-order chi connectivity index (χ0) is 21.6. The molecule has 0 aliphatic carbocycles. The third-order valence-corrected chi connectivity index (χ3v) is 5.11. The second-order valence-electron chi connectivity index (χ2n) is 7.02. The maximum atomic E-state index is 12.4. The fourth-order valence-electron chi connectivity index (χ4n) is 3.53. The van der Waals surface area contributed by atoms with Crippen LogP contribution in [0.1, 0.15) is 17.0 Å². The smallest absolute Gasteiger partial charge is 0.313 e. The van der Waals surface area contributed by atoms with Crippen LogP contribution in [0.25, 0.3) is 10.9 Å². The summed E-state index contributed by atoms with van der Waals surface area (Å²) < 4.78 is 5.26. The summed E-state index contributed by atoms with van der Waals surface area (Å²) in [7, 11) is 1.62. The summed E-state index contributed by atoms with van der Waals surface area (Å²) in [5, 5.41) is 6.38. The van der Waals surface area contributed by atoms with Crippen molar-refractivity contribution in [2.24, 2.45) is 0 Å². The van der Waals surface area contributed by atoms with E-state index in [1.807, 2.05) is 54.7 Å². The number of carbonyl (C=O) groups excluding carboxylic acids is 2. The third-order valence-electron chi connectivity index (χ3n) is 5.11. The van der Waals surface area contributed by atoms with E-state index in [0.29, 0.717) is 5.69 Å². The highest BCUT2D eigenvalue weighted by Gasteiger charge is 2.21. The van der Waals surface area contributed by atoms with Gasteiger partial charge in [0.1, 0.15) is 5.75 Å². The van der Waals surface area contributed by atoms with Gasteiger partial charge < -0.3 is 20.4 Å². The predicted octanol–water partition coefficient (Wildman–Crippen LogP) is 3.46. The van der Waals surface area contributed by atoms with Crippen LogP contribution in [0.5, 0.6) is 5.75 Å². The van der Waals surface area contributed by atoms with E-state index in [2.05, 4.69) is 20.6 Å². The van der Waals surface area contributed by atoms with Gasteiger partial charge in [0.2, 0.25) is 0 Å². The SMILES string of the molecule is COc1ccc([C@@H](CNC(=O)C(=O)Nc2cccnc2)c2c[nH]c3ccccc23)cc1. The number of ether oxygens (including phenoxy) is 1. The summed E-state index contributed by atoms with van der Waals surface area (Å²) in [4.78, 5) is 31.9. The molecule has 3 N–H and O–H groups in total. The lowest BCUT2D eigenvalue weighted by atomic mass is 9.90. The Bertz CT molecular complexity index is 1190. The zero-order valence-corrected chi connectivity index (χ0v) is 17.0. The molecular formula is C24H22N4O3. The average Bonchev–Trinajstić information content (AvgIpc) is 3.24. The normalized spacial score (nSPS) is 11.6. The number of fused-ring (bicyclic) bond motifs is 1. The zero-order valence-electron chi connectivity index (χ0n) is 17.0. The molecule has 0 saturated carbocycles. The minimum atomic E-state index is -0.736. The van der Waals surface area contributed by atoms with E-state index in [1.165, 1.54) is 6.20 Å². The van der Waals surface area contributed by atoms with Gasteiger partial charge in [-0.05, 0) is 41.5 Å². The molecule has 2 aromatic carbocycles. The highest BCUT2D eigenvalue weighted by atomic mass is 16.5. The summed E-state index contributed by atoms with van der Waals surface area (Å²) >= 11 is 0. The summed E-state index contributed by atoms with van der Waals surface area (Å²) in [5.74, 6) is -0.846. The summed E-state index contributed by atoms with van der Waals surface area (Å²) in [6, 6.07) is 19.0. The van der Waals surface area contributed by atoms with Gasteiger partial charge in [-0.15, -0.1) is 0 Å². The summed E-state index contributed by atoms with van der Waals surface area (Å²) in [6.07, 6.45) is 5.02. The van der Waals surface area contributed by atoms with Gasteiger partial charge in [-0.25, -0.2) is 0 Å². The Morgan fingerprint density at radius 2 is 1.84 bits per heavy atom. The standard InChI is InChI=1S/C24H22N4O3/c1-31-18-10-8-16(9-11-18)20(21-15-26-22-7-3-2-6-19(21)22)14-27-23(29)24(30)28-17-5-4-12-25-13-17/h2-13,15,20,26H,14H2,1H3,(H,27,29)(H,28,30)/t20-/m1/s1. The number of para-hydroxylation sites is 1. The number of methoxy groups -OCH3 is 1. The monoisotopic (exact) mass is 414 g/mol. The Kier molecular flexibility index (Phi) is 5.93. The van der Waals surface area contributed by atoms with Gasteiger partial charge in [-0.3, -0.25) is 14.6 Å². The van der Waals surface area contributed by atoms with Crippen LogP contribution in [-0.2, 0) is 9.59 Å². The molecule has 0 saturated heterocycles. The largest absolute Gasteiger partial charge is 0.497 e. The summed E-state index contributed by atoms with van der Waals surface area (Å²) in [5.41, 5.74) is 3.51. The number of hydrogen-bond donors (Lipinski definition) is 3. The molecular weight excluding hydrogens is 392 g/mol. The van der Waals surface area contributed by atoms with E-state index in [1.54, 1.807) is 25.4 Å². The molecule has 4 aromatic rings. The van der Waals surface area contributed by atoms with E-state index in [0.717, 1.165) is 27.8 Å². The maximum absolute atomic E-state index is 12.4. The lowest BCUT2D eigenvalue weighted by Gasteiger charge is -2.18. The molecule has 156 valence electrons. The van der Waals surface area contributed by atoms with Gasteiger partial charge in [0, 0.05) is 35.8 Å². The fourth-order valence-corrected chi connectivity index (χ4v) is 3.53. The molecule has 2 amide bonds. The molecule has 1 atom stereocenters. The molecule has 0 unspecified atom stereocenters. The van der Waals surface area contributed by atoms with Crippen LogP contribution in [0.4, 0.5) is 5.69 Å². The average molecular weight is 414 g/mol. The molecule has 0 radical (unpaired) electrons. The van der Waals surface area contributed by atoms with E-state index < -0.39 is 11.8 Å². The molecule has 0 aliphatic heterocycles. The molecule has 0 aliphatic rings. The van der Waals surface area contributed by atoms with E-state index in [-0.39, 0.29) is 12.5 Å². The number of amides is 2. The minimum absolute atomic E-state index is 0.155. The van der Waals surface area contributed by atoms with E-state index >= 15 is 0 Å². The molecule has 0 bridgehead atoms. The van der Waals surface area contributed by atoms with Crippen LogP contribution in [0.15, 0.2) is 79.3 Å². The molecule has 31 heavy (non-hydrogen) atoms. The van der Waals surface area contributed by atoms with E-state index in [9.17, 15) is 9.59 Å². The Hall–Kier alpha value is -4.13. The van der Waals surface area contributed by atoms with Gasteiger partial charge in [0.25, 0.3) is 0 Å². The maximum Gasteiger partial charge on any atom is 0.313 e. The Balaban J connectivity index is 1.56. The quantitative estimate of drug-likeness (QED) is 0.421. The molecule has 7 nitrogen and oxygen atoms in total. The van der Waals surface area contributed by atoms with Gasteiger partial charge in [0.15, 0.2) is 0 Å². The first-order chi connectivity index (χ1) is 15.2. The van der Waals surface area contributed by atoms with Crippen molar-refractivity contribution in [3.8, 4) is 5.75 Å². The van der Waals surface area contributed by atoms with Crippen LogP contribution < -0.4 is 15.4 Å². The number of nitrogens with zero attached hydrogens (tertiary/aromatic N) is 1. The second kappa shape index (κ2) is 9.13. The van der Waals surface area contributed by atoms with Crippen molar-refractivity contribution >= 4 is 28.4 Å². The molecule has 7 heteroatoms. The van der Waals surface area contributed by atoms with Crippen molar-refractivity contribution in [3.05, 3.63) is 90.4 Å². The van der Waals surface area contributed by atoms with Crippen LogP contribution in [0, 0.1) is 0 Å². The highest BCUT2D eigenvalue weighted by molar-refractivity contribution is 6.39. The van der Waals surface area contributed by atoms with Crippen LogP contribution in [0.2, 0.25) is 0 Å². The van der Waals surface area contributed by atoms with Crippen molar-refractivity contribution in [2.45, 2.75) is 5.92 Å². The lowest BCUT2D eigenvalue weighted by molar-refractivity contribution is -0.136. The number of H-pyrrole nitrogens is 1. The lowest BCUT2D eigenvalue weighted by Crippen LogP contribution is -2.37.